The fraction of sp³-hybridized carbons (Fsp3) is 0.278. The van der Waals surface area contributed by atoms with E-state index in [-0.39, 0.29) is 18.6 Å². The number of aliphatic hydroxyl groups excluding tert-OH is 1. The molecule has 0 aliphatic carbocycles. The molecule has 2 N–H and O–H groups in total. The molecule has 0 aromatic heterocycles. The van der Waals surface area contributed by atoms with Crippen molar-refractivity contribution in [1.82, 2.24) is 0 Å². The van der Waals surface area contributed by atoms with Crippen LogP contribution in [0.5, 0.6) is 5.75 Å². The molecule has 2 unspecified atom stereocenters. The van der Waals surface area contributed by atoms with Gasteiger partial charge in [-0.3, -0.25) is 9.36 Å². The molecule has 7 heteroatoms. The van der Waals surface area contributed by atoms with E-state index in [9.17, 15) is 14.3 Å². The van der Waals surface area contributed by atoms with Gasteiger partial charge in [-0.25, -0.2) is 0 Å². The van der Waals surface area contributed by atoms with E-state index in [0.717, 1.165) is 0 Å². The van der Waals surface area contributed by atoms with Crippen molar-refractivity contribution in [3.8, 4) is 5.75 Å². The molecule has 25 heavy (non-hydrogen) atoms. The summed E-state index contributed by atoms with van der Waals surface area (Å²) in [5.41, 5.74) is 1.57. The number of rotatable bonds is 8. The molecule has 0 heterocycles. The zero-order valence-corrected chi connectivity index (χ0v) is 15.0. The molecule has 2 aromatic rings. The zero-order valence-electron chi connectivity index (χ0n) is 14.1. The summed E-state index contributed by atoms with van der Waals surface area (Å²) >= 11 is 0. The minimum atomic E-state index is -3.65. The Balaban J connectivity index is 2.08. The molecule has 0 aliphatic rings. The molecule has 0 bridgehead atoms. The van der Waals surface area contributed by atoms with Crippen molar-refractivity contribution in [2.75, 3.05) is 6.61 Å². The van der Waals surface area contributed by atoms with E-state index in [1.165, 1.54) is 6.92 Å². The van der Waals surface area contributed by atoms with Crippen LogP contribution in [0.3, 0.4) is 0 Å². The molecular formula is C18H21O6P. The SMILES string of the molecule is CCOP(=O)(O)Cc1ccc(C(=O)c2ccc(OC(C)O)cc2)cc1. The van der Waals surface area contributed by atoms with Crippen LogP contribution in [0.1, 0.15) is 35.3 Å². The molecule has 0 saturated heterocycles. The fourth-order valence-corrected chi connectivity index (χ4v) is 3.46. The van der Waals surface area contributed by atoms with Crippen molar-refractivity contribution in [1.29, 1.82) is 0 Å². The Labute approximate surface area is 146 Å². The Morgan fingerprint density at radius 1 is 1.08 bits per heavy atom. The minimum absolute atomic E-state index is 0.0965. The molecule has 0 amide bonds. The number of carbonyl (C=O) groups excluding carboxylic acids is 1. The molecule has 0 radical (unpaired) electrons. The van der Waals surface area contributed by atoms with Crippen LogP contribution in [0.4, 0.5) is 0 Å². The van der Waals surface area contributed by atoms with Crippen LogP contribution in [0.25, 0.3) is 0 Å². The van der Waals surface area contributed by atoms with Crippen LogP contribution < -0.4 is 4.74 Å². The number of benzene rings is 2. The highest BCUT2D eigenvalue weighted by Gasteiger charge is 2.19. The third-order valence-electron chi connectivity index (χ3n) is 3.35. The molecule has 6 nitrogen and oxygen atoms in total. The molecule has 0 spiro atoms. The summed E-state index contributed by atoms with van der Waals surface area (Å²) in [7, 11) is -3.65. The third-order valence-corrected chi connectivity index (χ3v) is 4.78. The molecule has 2 atom stereocenters. The lowest BCUT2D eigenvalue weighted by Crippen LogP contribution is -2.09. The van der Waals surface area contributed by atoms with Gasteiger partial charge in [-0.05, 0) is 43.7 Å². The van der Waals surface area contributed by atoms with Crippen molar-refractivity contribution in [3.63, 3.8) is 0 Å². The Morgan fingerprint density at radius 3 is 2.08 bits per heavy atom. The summed E-state index contributed by atoms with van der Waals surface area (Å²) in [6.45, 7) is 3.32. The van der Waals surface area contributed by atoms with E-state index in [1.807, 2.05) is 0 Å². The van der Waals surface area contributed by atoms with Gasteiger partial charge in [0.05, 0.1) is 12.8 Å². The summed E-state index contributed by atoms with van der Waals surface area (Å²) in [5, 5.41) is 9.17. The van der Waals surface area contributed by atoms with Gasteiger partial charge < -0.3 is 19.3 Å². The van der Waals surface area contributed by atoms with Gasteiger partial charge in [0, 0.05) is 11.1 Å². The maximum absolute atomic E-state index is 12.5. The number of hydrogen-bond donors (Lipinski definition) is 2. The molecule has 2 aromatic carbocycles. The first-order valence-corrected chi connectivity index (χ1v) is 9.62. The fourth-order valence-electron chi connectivity index (χ4n) is 2.29. The second-order valence-electron chi connectivity index (χ2n) is 5.48. The number of hydrogen-bond acceptors (Lipinski definition) is 5. The standard InChI is InChI=1S/C18H21O6P/c1-3-23-25(21,22)12-14-4-6-15(7-5-14)18(20)16-8-10-17(11-9-16)24-13(2)19/h4-11,13,19H,3,12H2,1-2H3,(H,21,22). The van der Waals surface area contributed by atoms with Crippen LogP contribution in [-0.2, 0) is 15.3 Å². The maximum atomic E-state index is 12.5. The highest BCUT2D eigenvalue weighted by Crippen LogP contribution is 2.45. The molecule has 2 rings (SSSR count). The quantitative estimate of drug-likeness (QED) is 0.424. The molecule has 134 valence electrons. The highest BCUT2D eigenvalue weighted by atomic mass is 31.2. The van der Waals surface area contributed by atoms with Crippen LogP contribution in [0.2, 0.25) is 0 Å². The number of aliphatic hydroxyl groups is 1. The van der Waals surface area contributed by atoms with Crippen molar-refractivity contribution in [2.45, 2.75) is 26.3 Å². The molecule has 0 saturated carbocycles. The second kappa shape index (κ2) is 8.41. The average molecular weight is 364 g/mol. The van der Waals surface area contributed by atoms with Gasteiger partial charge >= 0.3 is 7.60 Å². The molecule has 0 fully saturated rings. The van der Waals surface area contributed by atoms with Crippen molar-refractivity contribution in [2.24, 2.45) is 0 Å². The van der Waals surface area contributed by atoms with Crippen LogP contribution >= 0.6 is 7.60 Å². The number of ketones is 1. The number of ether oxygens (including phenoxy) is 1. The van der Waals surface area contributed by atoms with E-state index >= 15 is 0 Å². The average Bonchev–Trinajstić information content (AvgIpc) is 2.54. The Kier molecular flexibility index (Phi) is 6.51. The molecule has 0 aliphatic heterocycles. The Hall–Kier alpha value is -1.98. The topological polar surface area (TPSA) is 93.1 Å². The van der Waals surface area contributed by atoms with E-state index < -0.39 is 13.9 Å². The summed E-state index contributed by atoms with van der Waals surface area (Å²) < 4.78 is 21.7. The highest BCUT2D eigenvalue weighted by molar-refractivity contribution is 7.51. The lowest BCUT2D eigenvalue weighted by molar-refractivity contribution is -0.000295. The van der Waals surface area contributed by atoms with Crippen molar-refractivity contribution >= 4 is 13.4 Å². The zero-order chi connectivity index (χ0) is 18.4. The van der Waals surface area contributed by atoms with Crippen LogP contribution in [-0.4, -0.2) is 28.7 Å². The van der Waals surface area contributed by atoms with E-state index in [4.69, 9.17) is 14.4 Å². The predicted molar refractivity (Wildman–Crippen MR) is 93.8 cm³/mol. The summed E-state index contributed by atoms with van der Waals surface area (Å²) in [5.74, 6) is 0.295. The van der Waals surface area contributed by atoms with Gasteiger partial charge in [0.2, 0.25) is 0 Å². The Morgan fingerprint density at radius 2 is 1.60 bits per heavy atom. The van der Waals surface area contributed by atoms with Gasteiger partial charge in [-0.2, -0.15) is 0 Å². The third kappa shape index (κ3) is 5.80. The second-order valence-corrected chi connectivity index (χ2v) is 7.33. The smallest absolute Gasteiger partial charge is 0.332 e. The first-order valence-electron chi connectivity index (χ1n) is 7.85. The van der Waals surface area contributed by atoms with Crippen LogP contribution in [0, 0.1) is 0 Å². The first kappa shape index (κ1) is 19.3. The van der Waals surface area contributed by atoms with Gasteiger partial charge in [-0.1, -0.05) is 24.3 Å². The van der Waals surface area contributed by atoms with Crippen molar-refractivity contribution in [3.05, 3.63) is 65.2 Å². The van der Waals surface area contributed by atoms with Gasteiger partial charge in [0.25, 0.3) is 0 Å². The van der Waals surface area contributed by atoms with E-state index in [1.54, 1.807) is 55.5 Å². The maximum Gasteiger partial charge on any atom is 0.332 e. The normalized spacial score (nSPS) is 14.6. The molecular weight excluding hydrogens is 343 g/mol. The van der Waals surface area contributed by atoms with Crippen molar-refractivity contribution < 1.29 is 28.6 Å². The Bertz CT molecular complexity index is 752. The summed E-state index contributed by atoms with van der Waals surface area (Å²) in [6, 6.07) is 13.0. The minimum Gasteiger partial charge on any atom is -0.465 e. The van der Waals surface area contributed by atoms with Crippen LogP contribution in [0.15, 0.2) is 48.5 Å². The first-order chi connectivity index (χ1) is 11.8. The van der Waals surface area contributed by atoms with Gasteiger partial charge in [0.15, 0.2) is 12.1 Å². The van der Waals surface area contributed by atoms with E-state index in [0.29, 0.717) is 22.4 Å². The monoisotopic (exact) mass is 364 g/mol. The lowest BCUT2D eigenvalue weighted by atomic mass is 10.0. The van der Waals surface area contributed by atoms with Gasteiger partial charge in [0.1, 0.15) is 5.75 Å². The summed E-state index contributed by atoms with van der Waals surface area (Å²) in [6.07, 6.45) is -1.02. The van der Waals surface area contributed by atoms with E-state index in [2.05, 4.69) is 0 Å². The lowest BCUT2D eigenvalue weighted by Gasteiger charge is -2.11. The summed E-state index contributed by atoms with van der Waals surface area (Å²) in [4.78, 5) is 22.1. The largest absolute Gasteiger partial charge is 0.465 e. The number of carbonyl (C=O) groups is 1. The van der Waals surface area contributed by atoms with Gasteiger partial charge in [-0.15, -0.1) is 0 Å². The predicted octanol–water partition coefficient (Wildman–Crippen LogP) is 3.36.